The number of allylic oxidation sites excluding steroid dienone is 1. The van der Waals surface area contributed by atoms with Gasteiger partial charge >= 0.3 is 12.1 Å². The van der Waals surface area contributed by atoms with Crippen LogP contribution in [0, 0.1) is 6.92 Å². The molecular weight excluding hydrogens is 492 g/mol. The number of hydrogen-bond acceptors (Lipinski definition) is 6. The maximum atomic E-state index is 12.6. The lowest BCUT2D eigenvalue weighted by molar-refractivity contribution is -0.144. The molecule has 0 aliphatic carbocycles. The molecule has 0 saturated heterocycles. The van der Waals surface area contributed by atoms with Gasteiger partial charge in [0, 0.05) is 0 Å². The predicted octanol–water partition coefficient (Wildman–Crippen LogP) is 6.78. The van der Waals surface area contributed by atoms with E-state index in [0.29, 0.717) is 24.5 Å². The number of hydrogen-bond donors (Lipinski definition) is 1. The zero-order valence-corrected chi connectivity index (χ0v) is 22.3. The number of aromatic nitrogens is 3. The summed E-state index contributed by atoms with van der Waals surface area (Å²) in [5.41, 5.74) is 5.07. The van der Waals surface area contributed by atoms with Crippen LogP contribution in [0.25, 0.3) is 16.8 Å². The molecule has 200 valence electrons. The number of carbonyl (C=O) groups excluding carboxylic acids is 2. The van der Waals surface area contributed by atoms with Crippen molar-refractivity contribution in [1.82, 2.24) is 15.0 Å². The number of ether oxygens (including phenoxy) is 2. The molecule has 2 atom stereocenters. The Morgan fingerprint density at radius 2 is 1.62 bits per heavy atom. The SMILES string of the molecule is C=CCC(C(=O)OCC)c1ccc(-c2ccc(-n3nnc(C)c3NC(=O)OC(C)c3ccccc3)cc2)cc1. The van der Waals surface area contributed by atoms with Gasteiger partial charge in [-0.15, -0.1) is 11.7 Å². The standard InChI is InChI=1S/C31H32N4O4/c1-5-10-28(30(36)38-6-2)26-15-13-24(14-16-26)25-17-19-27(20-18-25)35-29(21(3)33-34-35)32-31(37)39-22(4)23-11-8-7-9-12-23/h5,7-9,11-20,22,28H,1,6,10H2,2-4H3,(H,32,37). The minimum atomic E-state index is -0.590. The lowest BCUT2D eigenvalue weighted by Crippen LogP contribution is -2.18. The average molecular weight is 525 g/mol. The minimum Gasteiger partial charge on any atom is -0.466 e. The van der Waals surface area contributed by atoms with Crippen molar-refractivity contribution in [3.63, 3.8) is 0 Å². The van der Waals surface area contributed by atoms with E-state index in [1.165, 1.54) is 0 Å². The minimum absolute atomic E-state index is 0.250. The summed E-state index contributed by atoms with van der Waals surface area (Å²) in [6, 6.07) is 25.1. The van der Waals surface area contributed by atoms with Crippen molar-refractivity contribution < 1.29 is 19.1 Å². The zero-order chi connectivity index (χ0) is 27.8. The van der Waals surface area contributed by atoms with Crippen molar-refractivity contribution in [2.75, 3.05) is 11.9 Å². The molecule has 1 N–H and O–H groups in total. The van der Waals surface area contributed by atoms with E-state index in [4.69, 9.17) is 9.47 Å². The molecule has 1 heterocycles. The van der Waals surface area contributed by atoms with E-state index in [-0.39, 0.29) is 11.9 Å². The molecule has 8 nitrogen and oxygen atoms in total. The van der Waals surface area contributed by atoms with Gasteiger partial charge in [0.1, 0.15) is 11.8 Å². The van der Waals surface area contributed by atoms with Gasteiger partial charge in [-0.25, -0.2) is 4.79 Å². The Labute approximate surface area is 228 Å². The molecule has 8 heteroatoms. The van der Waals surface area contributed by atoms with Crippen LogP contribution in [-0.4, -0.2) is 33.7 Å². The number of amides is 1. The third-order valence-corrected chi connectivity index (χ3v) is 6.34. The second-order valence-electron chi connectivity index (χ2n) is 9.02. The van der Waals surface area contributed by atoms with Crippen LogP contribution < -0.4 is 5.32 Å². The van der Waals surface area contributed by atoms with Gasteiger partial charge in [-0.3, -0.25) is 10.1 Å². The molecule has 0 aliphatic rings. The van der Waals surface area contributed by atoms with Gasteiger partial charge in [0.05, 0.1) is 18.2 Å². The summed E-state index contributed by atoms with van der Waals surface area (Å²) in [5.74, 6) is -0.187. The zero-order valence-electron chi connectivity index (χ0n) is 22.3. The number of benzene rings is 3. The maximum absolute atomic E-state index is 12.6. The molecule has 1 aromatic heterocycles. The van der Waals surface area contributed by atoms with Crippen LogP contribution in [0.1, 0.15) is 49.1 Å². The van der Waals surface area contributed by atoms with Gasteiger partial charge in [0.25, 0.3) is 0 Å². The molecule has 0 radical (unpaired) electrons. The summed E-state index contributed by atoms with van der Waals surface area (Å²) >= 11 is 0. The van der Waals surface area contributed by atoms with Crippen molar-refractivity contribution in [2.24, 2.45) is 0 Å². The number of carbonyl (C=O) groups is 2. The van der Waals surface area contributed by atoms with Crippen molar-refractivity contribution in [2.45, 2.75) is 39.2 Å². The summed E-state index contributed by atoms with van der Waals surface area (Å²) in [5, 5.41) is 11.1. The molecule has 0 bridgehead atoms. The average Bonchev–Trinajstić information content (AvgIpc) is 3.32. The van der Waals surface area contributed by atoms with E-state index in [2.05, 4.69) is 22.2 Å². The lowest BCUT2D eigenvalue weighted by Gasteiger charge is -2.15. The normalized spacial score (nSPS) is 12.3. The van der Waals surface area contributed by atoms with Gasteiger partial charge in [0.15, 0.2) is 5.82 Å². The highest BCUT2D eigenvalue weighted by molar-refractivity contribution is 5.84. The first-order valence-corrected chi connectivity index (χ1v) is 12.8. The van der Waals surface area contributed by atoms with Gasteiger partial charge in [-0.05, 0) is 61.6 Å². The number of nitrogens with zero attached hydrogens (tertiary/aromatic N) is 3. The molecule has 1 amide bonds. The third-order valence-electron chi connectivity index (χ3n) is 6.34. The second-order valence-corrected chi connectivity index (χ2v) is 9.02. The fourth-order valence-corrected chi connectivity index (χ4v) is 4.24. The fourth-order valence-electron chi connectivity index (χ4n) is 4.24. The van der Waals surface area contributed by atoms with Gasteiger partial charge in [-0.1, -0.05) is 78.0 Å². The summed E-state index contributed by atoms with van der Waals surface area (Å²) in [6.45, 7) is 9.49. The Morgan fingerprint density at radius 3 is 2.23 bits per heavy atom. The molecule has 39 heavy (non-hydrogen) atoms. The second kappa shape index (κ2) is 12.7. The van der Waals surface area contributed by atoms with E-state index in [0.717, 1.165) is 27.9 Å². The molecule has 3 aromatic carbocycles. The fraction of sp³-hybridized carbons (Fsp3) is 0.226. The Balaban J connectivity index is 1.47. The smallest absolute Gasteiger partial charge is 0.413 e. The van der Waals surface area contributed by atoms with Crippen LogP contribution in [0.15, 0.2) is 91.5 Å². The lowest BCUT2D eigenvalue weighted by atomic mass is 9.93. The molecule has 4 aromatic rings. The number of aryl methyl sites for hydroxylation is 1. The quantitative estimate of drug-likeness (QED) is 0.182. The molecule has 2 unspecified atom stereocenters. The number of rotatable bonds is 10. The Morgan fingerprint density at radius 1 is 0.974 bits per heavy atom. The summed E-state index contributed by atoms with van der Waals surface area (Å²) in [6.07, 6.45) is 1.24. The van der Waals surface area contributed by atoms with E-state index in [1.54, 1.807) is 24.6 Å². The molecule has 0 spiro atoms. The molecule has 0 aliphatic heterocycles. The first-order valence-electron chi connectivity index (χ1n) is 12.8. The van der Waals surface area contributed by atoms with E-state index in [1.807, 2.05) is 85.8 Å². The third kappa shape index (κ3) is 6.59. The number of anilines is 1. The maximum Gasteiger partial charge on any atom is 0.413 e. The largest absolute Gasteiger partial charge is 0.466 e. The summed E-state index contributed by atoms with van der Waals surface area (Å²) in [7, 11) is 0. The van der Waals surface area contributed by atoms with Gasteiger partial charge in [-0.2, -0.15) is 4.68 Å². The summed E-state index contributed by atoms with van der Waals surface area (Å²) < 4.78 is 12.3. The van der Waals surface area contributed by atoms with Crippen molar-refractivity contribution in [3.05, 3.63) is 108 Å². The van der Waals surface area contributed by atoms with E-state index in [9.17, 15) is 9.59 Å². The van der Waals surface area contributed by atoms with Crippen LogP contribution >= 0.6 is 0 Å². The van der Waals surface area contributed by atoms with Crippen molar-refractivity contribution in [3.8, 4) is 16.8 Å². The molecule has 0 saturated carbocycles. The Bertz CT molecular complexity index is 1410. The Hall–Kier alpha value is -4.72. The summed E-state index contributed by atoms with van der Waals surface area (Å²) in [4.78, 5) is 25.0. The predicted molar refractivity (Wildman–Crippen MR) is 151 cm³/mol. The van der Waals surface area contributed by atoms with Crippen LogP contribution in [-0.2, 0) is 14.3 Å². The highest BCUT2D eigenvalue weighted by Gasteiger charge is 2.21. The number of esters is 1. The topological polar surface area (TPSA) is 95.3 Å². The molecular formula is C31H32N4O4. The highest BCUT2D eigenvalue weighted by Crippen LogP contribution is 2.28. The van der Waals surface area contributed by atoms with Crippen LogP contribution in [0.3, 0.4) is 0 Å². The Kier molecular flexibility index (Phi) is 8.89. The van der Waals surface area contributed by atoms with E-state index < -0.39 is 12.2 Å². The molecule has 0 fully saturated rings. The van der Waals surface area contributed by atoms with Crippen LogP contribution in [0.4, 0.5) is 10.6 Å². The van der Waals surface area contributed by atoms with E-state index >= 15 is 0 Å². The van der Waals surface area contributed by atoms with Crippen molar-refractivity contribution >= 4 is 17.9 Å². The first kappa shape index (κ1) is 27.3. The van der Waals surface area contributed by atoms with Crippen LogP contribution in [0.5, 0.6) is 0 Å². The number of nitrogens with one attached hydrogen (secondary N) is 1. The monoisotopic (exact) mass is 524 g/mol. The van der Waals surface area contributed by atoms with Crippen LogP contribution in [0.2, 0.25) is 0 Å². The van der Waals surface area contributed by atoms with Gasteiger partial charge in [0.2, 0.25) is 0 Å². The highest BCUT2D eigenvalue weighted by atomic mass is 16.6. The van der Waals surface area contributed by atoms with Crippen molar-refractivity contribution in [1.29, 1.82) is 0 Å². The molecule has 4 rings (SSSR count). The first-order chi connectivity index (χ1) is 18.9. The van der Waals surface area contributed by atoms with Gasteiger partial charge < -0.3 is 9.47 Å².